The number of nitro benzene ring substituents is 2. The highest BCUT2D eigenvalue weighted by molar-refractivity contribution is 7.11. The Morgan fingerprint density at radius 3 is 2.58 bits per heavy atom. The minimum atomic E-state index is -0.626. The molecule has 1 aliphatic heterocycles. The highest BCUT2D eigenvalue weighted by atomic mass is 32.1. The molecule has 26 heavy (non-hydrogen) atoms. The molecule has 3 rings (SSSR count). The number of aliphatic hydroxyl groups excluding tert-OH is 1. The van der Waals surface area contributed by atoms with Crippen LogP contribution in [0.2, 0.25) is 0 Å². The maximum Gasteiger partial charge on any atom is 0.302 e. The van der Waals surface area contributed by atoms with Gasteiger partial charge < -0.3 is 10.0 Å². The maximum absolute atomic E-state index is 11.6. The first-order valence-electron chi connectivity index (χ1n) is 7.98. The summed E-state index contributed by atoms with van der Waals surface area (Å²) in [5.41, 5.74) is 0.946. The molecule has 0 atom stereocenters. The molecule has 1 N–H and O–H groups in total. The summed E-state index contributed by atoms with van der Waals surface area (Å²) in [6, 6.07) is 5.20. The van der Waals surface area contributed by atoms with E-state index in [1.54, 1.807) is 16.2 Å². The van der Waals surface area contributed by atoms with E-state index in [-0.39, 0.29) is 28.2 Å². The van der Waals surface area contributed by atoms with Crippen LogP contribution >= 0.6 is 11.3 Å². The summed E-state index contributed by atoms with van der Waals surface area (Å²) >= 11 is 1.62. The number of aliphatic hydroxyl groups is 1. The molecular formula is C17H17N3O5S. The van der Waals surface area contributed by atoms with Crippen molar-refractivity contribution in [3.8, 4) is 0 Å². The lowest BCUT2D eigenvalue weighted by Gasteiger charge is -2.28. The first-order valence-corrected chi connectivity index (χ1v) is 8.86. The molecular weight excluding hydrogens is 358 g/mol. The van der Waals surface area contributed by atoms with Crippen molar-refractivity contribution in [1.29, 1.82) is 0 Å². The Kier molecular flexibility index (Phi) is 5.01. The number of rotatable bonds is 5. The quantitative estimate of drug-likeness (QED) is 0.631. The monoisotopic (exact) mass is 375 g/mol. The van der Waals surface area contributed by atoms with Gasteiger partial charge in [0.1, 0.15) is 0 Å². The van der Waals surface area contributed by atoms with Crippen LogP contribution in [0, 0.1) is 27.2 Å². The molecule has 1 aromatic heterocycles. The fourth-order valence-electron chi connectivity index (χ4n) is 3.19. The van der Waals surface area contributed by atoms with E-state index in [0.717, 1.165) is 10.5 Å². The van der Waals surface area contributed by atoms with Gasteiger partial charge in [-0.3, -0.25) is 20.2 Å². The molecule has 1 aliphatic rings. The van der Waals surface area contributed by atoms with Crippen LogP contribution < -0.4 is 4.90 Å². The number of anilines is 1. The van der Waals surface area contributed by atoms with E-state index < -0.39 is 16.5 Å². The molecule has 0 unspecified atom stereocenters. The van der Waals surface area contributed by atoms with Gasteiger partial charge in [-0.15, -0.1) is 11.3 Å². The van der Waals surface area contributed by atoms with Gasteiger partial charge in [-0.1, -0.05) is 12.1 Å². The molecule has 0 saturated carbocycles. The summed E-state index contributed by atoms with van der Waals surface area (Å²) in [4.78, 5) is 24.8. The van der Waals surface area contributed by atoms with E-state index in [1.807, 2.05) is 23.6 Å². The third-order valence-corrected chi connectivity index (χ3v) is 5.47. The van der Waals surface area contributed by atoms with Crippen LogP contribution in [0.5, 0.6) is 0 Å². The van der Waals surface area contributed by atoms with Crippen molar-refractivity contribution < 1.29 is 15.0 Å². The number of nitro groups is 2. The van der Waals surface area contributed by atoms with Gasteiger partial charge in [0, 0.05) is 29.6 Å². The lowest BCUT2D eigenvalue weighted by Crippen LogP contribution is -2.29. The van der Waals surface area contributed by atoms with E-state index in [9.17, 15) is 25.3 Å². The molecule has 1 aromatic carbocycles. The van der Waals surface area contributed by atoms with E-state index in [1.165, 1.54) is 13.0 Å². The van der Waals surface area contributed by atoms with E-state index in [4.69, 9.17) is 0 Å². The van der Waals surface area contributed by atoms with Gasteiger partial charge in [0.05, 0.1) is 16.5 Å². The van der Waals surface area contributed by atoms with Crippen molar-refractivity contribution in [3.63, 3.8) is 0 Å². The van der Waals surface area contributed by atoms with Crippen LogP contribution in [-0.4, -0.2) is 28.0 Å². The standard InChI is InChI=1S/C17H17N3O5S/c1-11-13(10-21)9-14(19(22)23)17(16(11)20(24)25)18-6-4-12(5-7-18)15-3-2-8-26-15/h2-4,8-9,21H,5-7,10H2,1H3. The van der Waals surface area contributed by atoms with Gasteiger partial charge in [-0.25, -0.2) is 0 Å². The molecule has 8 nitrogen and oxygen atoms in total. The molecule has 9 heteroatoms. The summed E-state index contributed by atoms with van der Waals surface area (Å²) in [5, 5.41) is 34.6. The Morgan fingerprint density at radius 2 is 2.08 bits per heavy atom. The molecule has 0 aliphatic carbocycles. The average molecular weight is 375 g/mol. The highest BCUT2D eigenvalue weighted by Gasteiger charge is 2.34. The largest absolute Gasteiger partial charge is 0.392 e. The zero-order chi connectivity index (χ0) is 18.8. The van der Waals surface area contributed by atoms with Gasteiger partial charge in [-0.05, 0) is 35.9 Å². The lowest BCUT2D eigenvalue weighted by atomic mass is 10.0. The Labute approximate surface area is 153 Å². The van der Waals surface area contributed by atoms with Gasteiger partial charge in [0.25, 0.3) is 5.69 Å². The van der Waals surface area contributed by atoms with Gasteiger partial charge in [-0.2, -0.15) is 0 Å². The summed E-state index contributed by atoms with van der Waals surface area (Å²) in [7, 11) is 0. The SMILES string of the molecule is Cc1c(CO)cc([N+](=O)[O-])c(N2CC=C(c3cccs3)CC2)c1[N+](=O)[O-]. The van der Waals surface area contributed by atoms with E-state index in [2.05, 4.69) is 0 Å². The van der Waals surface area contributed by atoms with Crippen LogP contribution in [0.15, 0.2) is 29.7 Å². The normalized spacial score (nSPS) is 14.2. The fourth-order valence-corrected chi connectivity index (χ4v) is 3.99. The topological polar surface area (TPSA) is 110 Å². The van der Waals surface area contributed by atoms with Crippen LogP contribution in [0.4, 0.5) is 17.1 Å². The molecule has 136 valence electrons. The van der Waals surface area contributed by atoms with Gasteiger partial charge >= 0.3 is 5.69 Å². The van der Waals surface area contributed by atoms with E-state index >= 15 is 0 Å². The van der Waals surface area contributed by atoms with Crippen LogP contribution in [-0.2, 0) is 6.61 Å². The minimum Gasteiger partial charge on any atom is -0.392 e. The minimum absolute atomic E-state index is 0.0104. The smallest absolute Gasteiger partial charge is 0.302 e. The summed E-state index contributed by atoms with van der Waals surface area (Å²) in [5.74, 6) is 0. The number of thiophene rings is 1. The maximum atomic E-state index is 11.6. The Hall–Kier alpha value is -2.78. The van der Waals surface area contributed by atoms with E-state index in [0.29, 0.717) is 19.5 Å². The van der Waals surface area contributed by atoms with Crippen molar-refractivity contribution in [2.75, 3.05) is 18.0 Å². The number of benzene rings is 1. The second-order valence-electron chi connectivity index (χ2n) is 5.95. The lowest BCUT2D eigenvalue weighted by molar-refractivity contribution is -0.393. The molecule has 0 radical (unpaired) electrons. The molecule has 0 fully saturated rings. The zero-order valence-corrected chi connectivity index (χ0v) is 14.9. The van der Waals surface area contributed by atoms with Crippen molar-refractivity contribution in [2.45, 2.75) is 20.0 Å². The van der Waals surface area contributed by atoms with Crippen molar-refractivity contribution in [1.82, 2.24) is 0 Å². The number of hydrogen-bond donors (Lipinski definition) is 1. The molecule has 0 saturated heterocycles. The molecule has 2 aromatic rings. The average Bonchev–Trinajstić information content (AvgIpc) is 3.15. The third kappa shape index (κ3) is 3.18. The van der Waals surface area contributed by atoms with Gasteiger partial charge in [0.2, 0.25) is 0 Å². The Bertz CT molecular complexity index is 892. The summed E-state index contributed by atoms with van der Waals surface area (Å²) < 4.78 is 0. The third-order valence-electron chi connectivity index (χ3n) is 4.53. The molecule has 0 amide bonds. The Morgan fingerprint density at radius 1 is 1.31 bits per heavy atom. The van der Waals surface area contributed by atoms with Crippen LogP contribution in [0.25, 0.3) is 5.57 Å². The second kappa shape index (κ2) is 7.22. The predicted molar refractivity (Wildman–Crippen MR) is 99.5 cm³/mol. The highest BCUT2D eigenvalue weighted by Crippen LogP contribution is 2.43. The molecule has 0 spiro atoms. The number of nitrogens with zero attached hydrogens (tertiary/aromatic N) is 3. The molecule has 2 heterocycles. The van der Waals surface area contributed by atoms with Crippen molar-refractivity contribution in [3.05, 3.63) is 65.9 Å². The van der Waals surface area contributed by atoms with Crippen LogP contribution in [0.3, 0.4) is 0 Å². The second-order valence-corrected chi connectivity index (χ2v) is 6.90. The summed E-state index contributed by atoms with van der Waals surface area (Å²) in [6.45, 7) is 1.82. The van der Waals surface area contributed by atoms with Crippen LogP contribution in [0.1, 0.15) is 22.4 Å². The number of hydrogen-bond acceptors (Lipinski definition) is 7. The van der Waals surface area contributed by atoms with Gasteiger partial charge in [0.15, 0.2) is 5.69 Å². The first-order chi connectivity index (χ1) is 12.4. The summed E-state index contributed by atoms with van der Waals surface area (Å²) in [6.07, 6.45) is 2.60. The Balaban J connectivity index is 2.08. The van der Waals surface area contributed by atoms with Crippen molar-refractivity contribution >= 4 is 34.0 Å². The fraction of sp³-hybridized carbons (Fsp3) is 0.294. The molecule has 0 bridgehead atoms. The predicted octanol–water partition coefficient (Wildman–Crippen LogP) is 3.66. The van der Waals surface area contributed by atoms with Crippen molar-refractivity contribution in [2.24, 2.45) is 0 Å². The zero-order valence-electron chi connectivity index (χ0n) is 14.0. The first kappa shape index (κ1) is 18.0.